The van der Waals surface area contributed by atoms with Crippen LogP contribution in [0.4, 0.5) is 0 Å². The van der Waals surface area contributed by atoms with E-state index in [4.69, 9.17) is 9.47 Å². The Morgan fingerprint density at radius 1 is 1.24 bits per heavy atom. The maximum absolute atomic E-state index is 5.49. The van der Waals surface area contributed by atoms with Crippen LogP contribution in [0.3, 0.4) is 0 Å². The summed E-state index contributed by atoms with van der Waals surface area (Å²) in [6, 6.07) is 6.22. The number of halogens is 1. The SMILES string of the molecule is COCCNCC(Cc1cc(Br)ccc1OC)CC(C)C. The molecule has 3 nitrogen and oxygen atoms in total. The minimum Gasteiger partial charge on any atom is -0.496 e. The minimum absolute atomic E-state index is 0.602. The molecule has 120 valence electrons. The fourth-order valence-electron chi connectivity index (χ4n) is 2.60. The third kappa shape index (κ3) is 7.30. The predicted molar refractivity (Wildman–Crippen MR) is 92.1 cm³/mol. The first-order chi connectivity index (χ1) is 10.1. The number of hydrogen-bond acceptors (Lipinski definition) is 3. The molecule has 0 fully saturated rings. The van der Waals surface area contributed by atoms with Gasteiger partial charge in [0.1, 0.15) is 5.75 Å². The van der Waals surface area contributed by atoms with Crippen molar-refractivity contribution in [2.24, 2.45) is 11.8 Å². The maximum Gasteiger partial charge on any atom is 0.122 e. The number of methoxy groups -OCH3 is 2. The van der Waals surface area contributed by atoms with Crippen LogP contribution in [0.15, 0.2) is 22.7 Å². The third-order valence-electron chi connectivity index (χ3n) is 3.47. The lowest BCUT2D eigenvalue weighted by Gasteiger charge is -2.21. The van der Waals surface area contributed by atoms with Gasteiger partial charge in [-0.1, -0.05) is 29.8 Å². The second-order valence-electron chi connectivity index (χ2n) is 5.85. The van der Waals surface area contributed by atoms with Crippen LogP contribution in [0.25, 0.3) is 0 Å². The molecule has 0 amide bonds. The molecule has 0 saturated heterocycles. The first kappa shape index (κ1) is 18.5. The van der Waals surface area contributed by atoms with Crippen molar-refractivity contribution in [3.8, 4) is 5.75 Å². The molecule has 4 heteroatoms. The molecule has 0 aliphatic carbocycles. The standard InChI is InChI=1S/C17H28BrNO2/c1-13(2)9-14(12-19-7-8-20-3)10-15-11-16(18)5-6-17(15)21-4/h5-6,11,13-14,19H,7-10,12H2,1-4H3. The van der Waals surface area contributed by atoms with Crippen molar-refractivity contribution in [3.05, 3.63) is 28.2 Å². The van der Waals surface area contributed by atoms with Gasteiger partial charge in [-0.3, -0.25) is 0 Å². The van der Waals surface area contributed by atoms with E-state index in [9.17, 15) is 0 Å². The van der Waals surface area contributed by atoms with Crippen molar-refractivity contribution in [2.45, 2.75) is 26.7 Å². The molecule has 1 aromatic carbocycles. The highest BCUT2D eigenvalue weighted by Crippen LogP contribution is 2.27. The largest absolute Gasteiger partial charge is 0.496 e. The Morgan fingerprint density at radius 3 is 2.62 bits per heavy atom. The molecule has 1 rings (SSSR count). The summed E-state index contributed by atoms with van der Waals surface area (Å²) in [4.78, 5) is 0. The molecule has 0 bridgehead atoms. The van der Waals surface area contributed by atoms with Crippen molar-refractivity contribution in [2.75, 3.05) is 33.9 Å². The summed E-state index contributed by atoms with van der Waals surface area (Å²) in [6.45, 7) is 7.23. The van der Waals surface area contributed by atoms with Gasteiger partial charge in [-0.05, 0) is 55.0 Å². The van der Waals surface area contributed by atoms with Gasteiger partial charge in [-0.25, -0.2) is 0 Å². The molecular weight excluding hydrogens is 330 g/mol. The van der Waals surface area contributed by atoms with Crippen LogP contribution < -0.4 is 10.1 Å². The highest BCUT2D eigenvalue weighted by molar-refractivity contribution is 9.10. The first-order valence-corrected chi connectivity index (χ1v) is 8.38. The quantitative estimate of drug-likeness (QED) is 0.644. The minimum atomic E-state index is 0.602. The van der Waals surface area contributed by atoms with Gasteiger partial charge < -0.3 is 14.8 Å². The molecular formula is C17H28BrNO2. The zero-order chi connectivity index (χ0) is 15.7. The van der Waals surface area contributed by atoms with E-state index in [0.29, 0.717) is 11.8 Å². The van der Waals surface area contributed by atoms with Crippen LogP contribution in [-0.2, 0) is 11.2 Å². The summed E-state index contributed by atoms with van der Waals surface area (Å²) in [5.74, 6) is 2.27. The van der Waals surface area contributed by atoms with Crippen LogP contribution in [0.2, 0.25) is 0 Å². The van der Waals surface area contributed by atoms with Crippen LogP contribution in [0.1, 0.15) is 25.8 Å². The third-order valence-corrected chi connectivity index (χ3v) is 3.97. The zero-order valence-electron chi connectivity index (χ0n) is 13.6. The lowest BCUT2D eigenvalue weighted by atomic mass is 9.90. The Balaban J connectivity index is 2.68. The number of benzene rings is 1. The number of rotatable bonds is 10. The fourth-order valence-corrected chi connectivity index (χ4v) is 3.01. The zero-order valence-corrected chi connectivity index (χ0v) is 15.2. The lowest BCUT2D eigenvalue weighted by Crippen LogP contribution is -2.28. The van der Waals surface area contributed by atoms with Crippen molar-refractivity contribution in [3.63, 3.8) is 0 Å². The van der Waals surface area contributed by atoms with Crippen molar-refractivity contribution >= 4 is 15.9 Å². The molecule has 0 heterocycles. The fraction of sp³-hybridized carbons (Fsp3) is 0.647. The van der Waals surface area contributed by atoms with Gasteiger partial charge in [-0.2, -0.15) is 0 Å². The molecule has 1 unspecified atom stereocenters. The first-order valence-electron chi connectivity index (χ1n) is 7.58. The van der Waals surface area contributed by atoms with E-state index in [1.54, 1.807) is 14.2 Å². The Morgan fingerprint density at radius 2 is 2.00 bits per heavy atom. The van der Waals surface area contributed by atoms with Gasteiger partial charge >= 0.3 is 0 Å². The lowest BCUT2D eigenvalue weighted by molar-refractivity contribution is 0.197. The molecule has 0 spiro atoms. The summed E-state index contributed by atoms with van der Waals surface area (Å²) in [7, 11) is 3.47. The topological polar surface area (TPSA) is 30.5 Å². The highest BCUT2D eigenvalue weighted by Gasteiger charge is 2.14. The molecule has 0 aromatic heterocycles. The van der Waals surface area contributed by atoms with Crippen LogP contribution in [0, 0.1) is 11.8 Å². The van der Waals surface area contributed by atoms with Gasteiger partial charge in [-0.15, -0.1) is 0 Å². The van der Waals surface area contributed by atoms with Crippen molar-refractivity contribution in [1.82, 2.24) is 5.32 Å². The monoisotopic (exact) mass is 357 g/mol. The van der Waals surface area contributed by atoms with E-state index < -0.39 is 0 Å². The average Bonchev–Trinajstić information content (AvgIpc) is 2.43. The Labute approximate surface area is 137 Å². The highest BCUT2D eigenvalue weighted by atomic mass is 79.9. The van der Waals surface area contributed by atoms with Gasteiger partial charge in [0.05, 0.1) is 13.7 Å². The van der Waals surface area contributed by atoms with E-state index in [0.717, 1.165) is 36.3 Å². The van der Waals surface area contributed by atoms with E-state index in [1.165, 1.54) is 12.0 Å². The second kappa shape index (κ2) is 10.2. The van der Waals surface area contributed by atoms with Crippen molar-refractivity contribution < 1.29 is 9.47 Å². The molecule has 1 N–H and O–H groups in total. The summed E-state index contributed by atoms with van der Waals surface area (Å²) >= 11 is 3.55. The van der Waals surface area contributed by atoms with Gasteiger partial charge in [0.2, 0.25) is 0 Å². The number of ether oxygens (including phenoxy) is 2. The summed E-state index contributed by atoms with van der Waals surface area (Å²) in [6.07, 6.45) is 2.23. The molecule has 1 atom stereocenters. The maximum atomic E-state index is 5.49. The van der Waals surface area contributed by atoms with Gasteiger partial charge in [0, 0.05) is 18.1 Å². The molecule has 0 radical (unpaired) electrons. The normalized spacial score (nSPS) is 12.7. The second-order valence-corrected chi connectivity index (χ2v) is 6.77. The van der Waals surface area contributed by atoms with Crippen LogP contribution in [-0.4, -0.2) is 33.9 Å². The van der Waals surface area contributed by atoms with E-state index >= 15 is 0 Å². The van der Waals surface area contributed by atoms with Crippen LogP contribution >= 0.6 is 15.9 Å². The molecule has 21 heavy (non-hydrogen) atoms. The Kier molecular flexibility index (Phi) is 8.97. The number of nitrogens with one attached hydrogen (secondary N) is 1. The van der Waals surface area contributed by atoms with E-state index in [-0.39, 0.29) is 0 Å². The molecule has 0 aliphatic heterocycles. The molecule has 1 aromatic rings. The summed E-state index contributed by atoms with van der Waals surface area (Å²) in [5, 5.41) is 3.49. The summed E-state index contributed by atoms with van der Waals surface area (Å²) < 4.78 is 11.7. The Bertz CT molecular complexity index is 410. The van der Waals surface area contributed by atoms with Gasteiger partial charge in [0.15, 0.2) is 0 Å². The smallest absolute Gasteiger partial charge is 0.122 e. The molecule has 0 saturated carbocycles. The molecule has 0 aliphatic rings. The van der Waals surface area contributed by atoms with E-state index in [2.05, 4.69) is 41.2 Å². The summed E-state index contributed by atoms with van der Waals surface area (Å²) in [5.41, 5.74) is 1.27. The van der Waals surface area contributed by atoms with E-state index in [1.807, 2.05) is 12.1 Å². The predicted octanol–water partition coefficient (Wildman–Crippen LogP) is 3.90. The van der Waals surface area contributed by atoms with Crippen LogP contribution in [0.5, 0.6) is 5.75 Å². The average molecular weight is 358 g/mol. The Hall–Kier alpha value is -0.580. The van der Waals surface area contributed by atoms with Gasteiger partial charge in [0.25, 0.3) is 0 Å². The van der Waals surface area contributed by atoms with Crippen molar-refractivity contribution in [1.29, 1.82) is 0 Å². The number of hydrogen-bond donors (Lipinski definition) is 1.